The average Bonchev–Trinajstić information content (AvgIpc) is 2.54. The number of benzene rings is 1. The van der Waals surface area contributed by atoms with Gasteiger partial charge in [-0.05, 0) is 31.2 Å². The van der Waals surface area contributed by atoms with E-state index in [0.717, 1.165) is 24.3 Å². The number of halogens is 3. The summed E-state index contributed by atoms with van der Waals surface area (Å²) >= 11 is 0. The van der Waals surface area contributed by atoms with E-state index in [2.05, 4.69) is 5.32 Å². The van der Waals surface area contributed by atoms with Crippen LogP contribution in [0.1, 0.15) is 22.8 Å². The Kier molecular flexibility index (Phi) is 5.25. The van der Waals surface area contributed by atoms with Crippen LogP contribution in [0.15, 0.2) is 24.3 Å². The predicted octanol–water partition coefficient (Wildman–Crippen LogP) is 1.68. The fourth-order valence-corrected chi connectivity index (χ4v) is 2.21. The molecule has 1 N–H and O–H groups in total. The number of nitrogens with one attached hydrogen (secondary N) is 1. The number of alkyl halides is 3. The first kappa shape index (κ1) is 17.3. The summed E-state index contributed by atoms with van der Waals surface area (Å²) in [4.78, 5) is 25.8. The Bertz CT molecular complexity index is 566. The van der Waals surface area contributed by atoms with Crippen molar-refractivity contribution in [1.82, 2.24) is 10.2 Å². The zero-order chi connectivity index (χ0) is 17.0. The van der Waals surface area contributed by atoms with Crippen LogP contribution in [0, 0.1) is 0 Å². The predicted molar refractivity (Wildman–Crippen MR) is 75.8 cm³/mol. The second-order valence-corrected chi connectivity index (χ2v) is 5.21. The van der Waals surface area contributed by atoms with Gasteiger partial charge in [0.2, 0.25) is 5.91 Å². The molecule has 0 spiro atoms. The lowest BCUT2D eigenvalue weighted by atomic mass is 10.1. The van der Waals surface area contributed by atoms with Crippen LogP contribution in [-0.2, 0) is 15.7 Å². The summed E-state index contributed by atoms with van der Waals surface area (Å²) in [7, 11) is 0. The molecule has 0 radical (unpaired) electrons. The minimum atomic E-state index is -4.45. The molecule has 0 unspecified atom stereocenters. The second-order valence-electron chi connectivity index (χ2n) is 5.21. The van der Waals surface area contributed by atoms with Crippen LogP contribution >= 0.6 is 0 Å². The molecule has 0 bridgehead atoms. The van der Waals surface area contributed by atoms with E-state index in [1.807, 2.05) is 0 Å². The van der Waals surface area contributed by atoms with Gasteiger partial charge in [0.25, 0.3) is 5.91 Å². The van der Waals surface area contributed by atoms with E-state index in [4.69, 9.17) is 4.74 Å². The van der Waals surface area contributed by atoms with Gasteiger partial charge >= 0.3 is 6.18 Å². The molecule has 1 fully saturated rings. The molecule has 1 aromatic carbocycles. The van der Waals surface area contributed by atoms with Crippen molar-refractivity contribution in [2.24, 2.45) is 0 Å². The van der Waals surface area contributed by atoms with Gasteiger partial charge in [0, 0.05) is 18.7 Å². The maximum atomic E-state index is 12.5. The van der Waals surface area contributed by atoms with Crippen molar-refractivity contribution >= 4 is 11.8 Å². The van der Waals surface area contributed by atoms with Gasteiger partial charge in [0.15, 0.2) is 0 Å². The molecule has 126 valence electrons. The van der Waals surface area contributed by atoms with Crippen molar-refractivity contribution in [3.8, 4) is 0 Å². The monoisotopic (exact) mass is 330 g/mol. The van der Waals surface area contributed by atoms with Crippen LogP contribution in [0.4, 0.5) is 13.2 Å². The van der Waals surface area contributed by atoms with Crippen molar-refractivity contribution in [1.29, 1.82) is 0 Å². The molecular formula is C15H17F3N2O3. The fourth-order valence-electron chi connectivity index (χ4n) is 2.21. The number of hydrogen-bond donors (Lipinski definition) is 1. The van der Waals surface area contributed by atoms with Crippen LogP contribution in [0.3, 0.4) is 0 Å². The van der Waals surface area contributed by atoms with E-state index in [1.54, 1.807) is 11.8 Å². The summed E-state index contributed by atoms with van der Waals surface area (Å²) in [5, 5.41) is 2.50. The lowest BCUT2D eigenvalue weighted by molar-refractivity contribution is -0.138. The van der Waals surface area contributed by atoms with Crippen LogP contribution in [0.25, 0.3) is 0 Å². The Morgan fingerprint density at radius 1 is 1.17 bits per heavy atom. The standard InChI is InChI=1S/C15H17F3N2O3/c1-10(14(22)20-6-8-23-9-7-20)19-13(21)11-2-4-12(5-3-11)15(16,17)18/h2-5,10H,6-9H2,1H3,(H,19,21)/t10-/m1/s1. The number of rotatable bonds is 3. The highest BCUT2D eigenvalue weighted by molar-refractivity contribution is 5.97. The van der Waals surface area contributed by atoms with Gasteiger partial charge in [-0.2, -0.15) is 13.2 Å². The van der Waals surface area contributed by atoms with E-state index >= 15 is 0 Å². The molecule has 1 aliphatic rings. The van der Waals surface area contributed by atoms with Crippen molar-refractivity contribution in [2.45, 2.75) is 19.1 Å². The summed E-state index contributed by atoms with van der Waals surface area (Å²) in [5.41, 5.74) is -0.758. The van der Waals surface area contributed by atoms with E-state index < -0.39 is 23.7 Å². The van der Waals surface area contributed by atoms with Crippen LogP contribution in [-0.4, -0.2) is 49.1 Å². The third-order valence-electron chi connectivity index (χ3n) is 3.52. The molecule has 0 saturated carbocycles. The molecule has 1 aliphatic heterocycles. The lowest BCUT2D eigenvalue weighted by Gasteiger charge is -2.29. The highest BCUT2D eigenvalue weighted by atomic mass is 19.4. The summed E-state index contributed by atoms with van der Waals surface area (Å²) in [6.07, 6.45) is -4.45. The first-order valence-electron chi connectivity index (χ1n) is 7.13. The largest absolute Gasteiger partial charge is 0.416 e. The number of ether oxygens (including phenoxy) is 1. The molecule has 2 amide bonds. The molecule has 8 heteroatoms. The van der Waals surface area contributed by atoms with E-state index in [9.17, 15) is 22.8 Å². The first-order valence-corrected chi connectivity index (χ1v) is 7.13. The minimum Gasteiger partial charge on any atom is -0.378 e. The molecule has 1 heterocycles. The Morgan fingerprint density at radius 2 is 1.74 bits per heavy atom. The van der Waals surface area contributed by atoms with Gasteiger partial charge in [0.05, 0.1) is 18.8 Å². The van der Waals surface area contributed by atoms with Crippen LogP contribution < -0.4 is 5.32 Å². The van der Waals surface area contributed by atoms with E-state index in [1.165, 1.54) is 0 Å². The highest BCUT2D eigenvalue weighted by Gasteiger charge is 2.30. The van der Waals surface area contributed by atoms with E-state index in [-0.39, 0.29) is 11.5 Å². The number of amides is 2. The summed E-state index contributed by atoms with van der Waals surface area (Å²) < 4.78 is 42.6. The molecule has 23 heavy (non-hydrogen) atoms. The second kappa shape index (κ2) is 6.99. The lowest BCUT2D eigenvalue weighted by Crippen LogP contribution is -2.50. The van der Waals surface area contributed by atoms with Gasteiger partial charge in [-0.3, -0.25) is 9.59 Å². The molecule has 0 aromatic heterocycles. The molecular weight excluding hydrogens is 313 g/mol. The fraction of sp³-hybridized carbons (Fsp3) is 0.467. The Hall–Kier alpha value is -2.09. The quantitative estimate of drug-likeness (QED) is 0.917. The van der Waals surface area contributed by atoms with Gasteiger partial charge < -0.3 is 15.0 Å². The number of hydrogen-bond acceptors (Lipinski definition) is 3. The number of carbonyl (C=O) groups excluding carboxylic acids is 2. The number of carbonyl (C=O) groups is 2. The number of morpholine rings is 1. The molecule has 2 rings (SSSR count). The molecule has 1 aromatic rings. The normalized spacial score (nSPS) is 16.8. The average molecular weight is 330 g/mol. The topological polar surface area (TPSA) is 58.6 Å². The highest BCUT2D eigenvalue weighted by Crippen LogP contribution is 2.29. The zero-order valence-electron chi connectivity index (χ0n) is 12.5. The summed E-state index contributed by atoms with van der Waals surface area (Å²) in [6, 6.07) is 3.09. The number of nitrogens with zero attached hydrogens (tertiary/aromatic N) is 1. The summed E-state index contributed by atoms with van der Waals surface area (Å²) in [6.45, 7) is 3.36. The van der Waals surface area contributed by atoms with Crippen LogP contribution in [0.5, 0.6) is 0 Å². The van der Waals surface area contributed by atoms with Crippen molar-refractivity contribution in [3.63, 3.8) is 0 Å². The molecule has 5 nitrogen and oxygen atoms in total. The van der Waals surface area contributed by atoms with E-state index in [0.29, 0.717) is 26.3 Å². The Balaban J connectivity index is 1.96. The third kappa shape index (κ3) is 4.44. The Labute approximate surface area is 131 Å². The van der Waals surface area contributed by atoms with Crippen molar-refractivity contribution < 1.29 is 27.5 Å². The van der Waals surface area contributed by atoms with Gasteiger partial charge in [-0.1, -0.05) is 0 Å². The molecule has 1 saturated heterocycles. The first-order chi connectivity index (χ1) is 10.8. The van der Waals surface area contributed by atoms with Gasteiger partial charge in [0.1, 0.15) is 6.04 Å². The zero-order valence-corrected chi connectivity index (χ0v) is 12.5. The maximum absolute atomic E-state index is 12.5. The molecule has 1 atom stereocenters. The Morgan fingerprint density at radius 3 is 2.26 bits per heavy atom. The van der Waals surface area contributed by atoms with Gasteiger partial charge in [-0.15, -0.1) is 0 Å². The third-order valence-corrected chi connectivity index (χ3v) is 3.52. The van der Waals surface area contributed by atoms with Crippen molar-refractivity contribution in [2.75, 3.05) is 26.3 Å². The summed E-state index contributed by atoms with van der Waals surface area (Å²) in [5.74, 6) is -0.832. The SMILES string of the molecule is C[C@@H](NC(=O)c1ccc(C(F)(F)F)cc1)C(=O)N1CCOCC1. The van der Waals surface area contributed by atoms with Crippen molar-refractivity contribution in [3.05, 3.63) is 35.4 Å². The minimum absolute atomic E-state index is 0.0691. The smallest absolute Gasteiger partial charge is 0.378 e. The van der Waals surface area contributed by atoms with Gasteiger partial charge in [-0.25, -0.2) is 0 Å². The maximum Gasteiger partial charge on any atom is 0.416 e. The molecule has 0 aliphatic carbocycles. The van der Waals surface area contributed by atoms with Crippen LogP contribution in [0.2, 0.25) is 0 Å².